The number of fused-ring (bicyclic) bond motifs is 3. The summed E-state index contributed by atoms with van der Waals surface area (Å²) in [5.74, 6) is 0.275. The van der Waals surface area contributed by atoms with Crippen molar-refractivity contribution < 1.29 is 4.79 Å². The van der Waals surface area contributed by atoms with E-state index in [0.717, 1.165) is 22.4 Å². The lowest BCUT2D eigenvalue weighted by Crippen LogP contribution is -2.24. The van der Waals surface area contributed by atoms with Gasteiger partial charge in [-0.1, -0.05) is 59.3 Å². The van der Waals surface area contributed by atoms with E-state index in [4.69, 9.17) is 0 Å². The highest BCUT2D eigenvalue weighted by Gasteiger charge is 2.22. The summed E-state index contributed by atoms with van der Waals surface area (Å²) >= 11 is 1.31. The first-order chi connectivity index (χ1) is 16.8. The average molecular weight is 484 g/mol. The maximum atomic E-state index is 13.4. The van der Waals surface area contributed by atoms with E-state index >= 15 is 0 Å². The standard InChI is InChI=1S/C27H25N5O2S/c1-16-9-12-20(13-10-16)31-25(34)21-7-5-6-8-23(21)32-26(31)29-30-27(32)35-19(4)24(33)28-22-14-11-17(2)15-18(22)3/h5-15,19H,1-4H3,(H,28,33). The number of aromatic nitrogens is 4. The molecule has 0 saturated carbocycles. The first-order valence-corrected chi connectivity index (χ1v) is 12.2. The number of amides is 1. The fraction of sp³-hybridized carbons (Fsp3) is 0.185. The Morgan fingerprint density at radius 3 is 2.40 bits per heavy atom. The Hall–Kier alpha value is -3.91. The van der Waals surface area contributed by atoms with Gasteiger partial charge >= 0.3 is 0 Å². The summed E-state index contributed by atoms with van der Waals surface area (Å²) in [7, 11) is 0. The van der Waals surface area contributed by atoms with Gasteiger partial charge in [-0.15, -0.1) is 10.2 Å². The SMILES string of the molecule is Cc1ccc(-n2c(=O)c3ccccc3n3c(SC(C)C(=O)Nc4ccc(C)cc4C)nnc23)cc1. The van der Waals surface area contributed by atoms with Crippen molar-refractivity contribution in [1.82, 2.24) is 19.2 Å². The van der Waals surface area contributed by atoms with E-state index in [1.54, 1.807) is 10.6 Å². The third-order valence-electron chi connectivity index (χ3n) is 5.98. The van der Waals surface area contributed by atoms with Gasteiger partial charge in [0.2, 0.25) is 11.7 Å². The van der Waals surface area contributed by atoms with E-state index in [2.05, 4.69) is 15.5 Å². The molecule has 8 heteroatoms. The van der Waals surface area contributed by atoms with E-state index in [0.29, 0.717) is 27.5 Å². The van der Waals surface area contributed by atoms with Crippen LogP contribution in [0.4, 0.5) is 5.69 Å². The minimum absolute atomic E-state index is 0.130. The summed E-state index contributed by atoms with van der Waals surface area (Å²) in [6.45, 7) is 7.83. The number of hydrogen-bond donors (Lipinski definition) is 1. The third kappa shape index (κ3) is 4.21. The lowest BCUT2D eigenvalue weighted by molar-refractivity contribution is -0.115. The summed E-state index contributed by atoms with van der Waals surface area (Å²) in [6, 6.07) is 21.0. The molecule has 3 aromatic carbocycles. The number of thioether (sulfide) groups is 1. The van der Waals surface area contributed by atoms with Crippen molar-refractivity contribution in [2.75, 3.05) is 5.32 Å². The molecular weight excluding hydrogens is 458 g/mol. The van der Waals surface area contributed by atoms with Gasteiger partial charge in [-0.3, -0.25) is 14.0 Å². The Morgan fingerprint density at radius 2 is 1.66 bits per heavy atom. The zero-order valence-electron chi connectivity index (χ0n) is 19.9. The summed E-state index contributed by atoms with van der Waals surface area (Å²) < 4.78 is 3.42. The van der Waals surface area contributed by atoms with Crippen LogP contribution in [0.5, 0.6) is 0 Å². The molecule has 2 heterocycles. The normalized spacial score (nSPS) is 12.2. The van der Waals surface area contributed by atoms with Crippen molar-refractivity contribution in [2.45, 2.75) is 38.1 Å². The van der Waals surface area contributed by atoms with Crippen molar-refractivity contribution in [3.8, 4) is 5.69 Å². The lowest BCUT2D eigenvalue weighted by atomic mass is 10.1. The molecule has 1 atom stereocenters. The zero-order chi connectivity index (χ0) is 24.7. The van der Waals surface area contributed by atoms with Gasteiger partial charge in [-0.25, -0.2) is 4.57 Å². The van der Waals surface area contributed by atoms with E-state index < -0.39 is 5.25 Å². The number of carbonyl (C=O) groups excluding carboxylic acids is 1. The maximum absolute atomic E-state index is 13.4. The molecular formula is C27H25N5O2S. The molecule has 0 radical (unpaired) electrons. The van der Waals surface area contributed by atoms with Crippen molar-refractivity contribution in [3.63, 3.8) is 0 Å². The van der Waals surface area contributed by atoms with Crippen LogP contribution < -0.4 is 10.9 Å². The molecule has 0 saturated heterocycles. The van der Waals surface area contributed by atoms with Crippen molar-refractivity contribution in [2.24, 2.45) is 0 Å². The van der Waals surface area contributed by atoms with E-state index in [9.17, 15) is 9.59 Å². The van der Waals surface area contributed by atoms with Crippen LogP contribution in [0.3, 0.4) is 0 Å². The monoisotopic (exact) mass is 483 g/mol. The van der Waals surface area contributed by atoms with Crippen LogP contribution in [-0.2, 0) is 4.79 Å². The number of nitrogens with zero attached hydrogens (tertiary/aromatic N) is 4. The van der Waals surface area contributed by atoms with E-state index in [-0.39, 0.29) is 11.5 Å². The number of rotatable bonds is 5. The second-order valence-corrected chi connectivity index (χ2v) is 9.99. The van der Waals surface area contributed by atoms with Gasteiger partial charge in [0.05, 0.1) is 21.8 Å². The van der Waals surface area contributed by atoms with Crippen molar-refractivity contribution in [1.29, 1.82) is 0 Å². The first kappa shape index (κ1) is 22.9. The number of nitrogens with one attached hydrogen (secondary N) is 1. The van der Waals surface area contributed by atoms with Crippen molar-refractivity contribution >= 4 is 40.0 Å². The summed E-state index contributed by atoms with van der Waals surface area (Å²) in [5.41, 5.74) is 5.28. The first-order valence-electron chi connectivity index (χ1n) is 11.3. The molecule has 0 aliphatic heterocycles. The van der Waals surface area contributed by atoms with Crippen LogP contribution in [0.1, 0.15) is 23.6 Å². The second-order valence-electron chi connectivity index (χ2n) is 8.68. The van der Waals surface area contributed by atoms with E-state index in [1.165, 1.54) is 11.8 Å². The Balaban J connectivity index is 1.57. The molecule has 2 aromatic heterocycles. The van der Waals surface area contributed by atoms with Crippen molar-refractivity contribution in [3.05, 3.63) is 93.8 Å². The molecule has 0 bridgehead atoms. The van der Waals surface area contributed by atoms with Gasteiger partial charge in [-0.05, 0) is 63.6 Å². The smallest absolute Gasteiger partial charge is 0.267 e. The molecule has 1 unspecified atom stereocenters. The fourth-order valence-corrected chi connectivity index (χ4v) is 4.94. The van der Waals surface area contributed by atoms with Crippen LogP contribution in [0.15, 0.2) is 76.7 Å². The van der Waals surface area contributed by atoms with Crippen LogP contribution in [0, 0.1) is 20.8 Å². The van der Waals surface area contributed by atoms with Crippen LogP contribution in [0.2, 0.25) is 0 Å². The molecule has 176 valence electrons. The number of para-hydroxylation sites is 1. The largest absolute Gasteiger partial charge is 0.325 e. The molecule has 0 aliphatic carbocycles. The van der Waals surface area contributed by atoms with Gasteiger partial charge in [0.15, 0.2) is 5.16 Å². The molecule has 35 heavy (non-hydrogen) atoms. The predicted octanol–water partition coefficient (Wildman–Crippen LogP) is 5.08. The summed E-state index contributed by atoms with van der Waals surface area (Å²) in [4.78, 5) is 26.4. The molecule has 0 aliphatic rings. The third-order valence-corrected chi connectivity index (χ3v) is 7.02. The minimum atomic E-state index is -0.443. The molecule has 5 aromatic rings. The quantitative estimate of drug-likeness (QED) is 0.353. The van der Waals surface area contributed by atoms with Gasteiger partial charge < -0.3 is 5.32 Å². The van der Waals surface area contributed by atoms with E-state index in [1.807, 2.05) is 92.8 Å². The number of hydrogen-bond acceptors (Lipinski definition) is 5. The predicted molar refractivity (Wildman–Crippen MR) is 141 cm³/mol. The molecule has 5 rings (SSSR count). The van der Waals surface area contributed by atoms with Gasteiger partial charge in [0.1, 0.15) is 0 Å². The highest BCUT2D eigenvalue weighted by molar-refractivity contribution is 8.00. The fourth-order valence-electron chi connectivity index (χ4n) is 4.08. The Bertz CT molecular complexity index is 1640. The minimum Gasteiger partial charge on any atom is -0.325 e. The molecule has 0 spiro atoms. The molecule has 7 nitrogen and oxygen atoms in total. The van der Waals surface area contributed by atoms with Crippen LogP contribution >= 0.6 is 11.8 Å². The average Bonchev–Trinajstić information content (AvgIpc) is 3.25. The number of benzene rings is 3. The van der Waals surface area contributed by atoms with Gasteiger partial charge in [0, 0.05) is 5.69 Å². The van der Waals surface area contributed by atoms with Gasteiger partial charge in [-0.2, -0.15) is 0 Å². The zero-order valence-corrected chi connectivity index (χ0v) is 20.8. The number of aryl methyl sites for hydroxylation is 3. The Morgan fingerprint density at radius 1 is 0.943 bits per heavy atom. The van der Waals surface area contributed by atoms with Gasteiger partial charge in [0.25, 0.3) is 5.56 Å². The maximum Gasteiger partial charge on any atom is 0.267 e. The Labute approximate surface area is 206 Å². The summed E-state index contributed by atoms with van der Waals surface area (Å²) in [5, 5.41) is 12.4. The van der Waals surface area contributed by atoms with Crippen LogP contribution in [-0.4, -0.2) is 30.3 Å². The van der Waals surface area contributed by atoms with Crippen LogP contribution in [0.25, 0.3) is 22.4 Å². The second kappa shape index (κ2) is 9.03. The topological polar surface area (TPSA) is 81.3 Å². The highest BCUT2D eigenvalue weighted by atomic mass is 32.2. The molecule has 0 fully saturated rings. The number of carbonyl (C=O) groups is 1. The lowest BCUT2D eigenvalue weighted by Gasteiger charge is -2.14. The highest BCUT2D eigenvalue weighted by Crippen LogP contribution is 2.27. The Kier molecular flexibility index (Phi) is 5.90. The number of anilines is 1. The summed E-state index contributed by atoms with van der Waals surface area (Å²) in [6.07, 6.45) is 0. The molecule has 1 N–H and O–H groups in total. The molecule has 1 amide bonds.